The predicted octanol–water partition coefficient (Wildman–Crippen LogP) is 3.90. The van der Waals surface area contributed by atoms with Crippen molar-refractivity contribution in [2.24, 2.45) is 0 Å². The van der Waals surface area contributed by atoms with Crippen LogP contribution in [0.25, 0.3) is 0 Å². The Labute approximate surface area is 112 Å². The normalized spacial score (nSPS) is 16.0. The average molecular weight is 254 g/mol. The van der Waals surface area contributed by atoms with Crippen LogP contribution < -0.4 is 0 Å². The molecule has 0 amide bonds. The molecule has 2 heteroatoms. The molecule has 18 heavy (non-hydrogen) atoms. The van der Waals surface area contributed by atoms with E-state index in [1.54, 1.807) is 0 Å². The SMILES string of the molecule is N#CC1(c2ccc(Cl)cc2)Cc2ccccc2C1. The molecule has 1 aliphatic carbocycles. The zero-order valence-electron chi connectivity index (χ0n) is 9.86. The molecule has 0 radical (unpaired) electrons. The van der Waals surface area contributed by atoms with Gasteiger partial charge < -0.3 is 0 Å². The van der Waals surface area contributed by atoms with Crippen molar-refractivity contribution >= 4 is 11.6 Å². The maximum absolute atomic E-state index is 9.63. The summed E-state index contributed by atoms with van der Waals surface area (Å²) < 4.78 is 0. The van der Waals surface area contributed by atoms with Crippen molar-refractivity contribution in [2.45, 2.75) is 18.3 Å². The van der Waals surface area contributed by atoms with Crippen LogP contribution in [0.4, 0.5) is 0 Å². The number of hydrogen-bond acceptors (Lipinski definition) is 1. The molecule has 1 aliphatic rings. The molecule has 0 saturated heterocycles. The van der Waals surface area contributed by atoms with E-state index in [2.05, 4.69) is 18.2 Å². The Kier molecular flexibility index (Phi) is 2.61. The minimum absolute atomic E-state index is 0.422. The fraction of sp³-hybridized carbons (Fsp3) is 0.188. The lowest BCUT2D eigenvalue weighted by molar-refractivity contribution is 0.587. The van der Waals surface area contributed by atoms with E-state index in [9.17, 15) is 5.26 Å². The van der Waals surface area contributed by atoms with Crippen molar-refractivity contribution in [1.82, 2.24) is 0 Å². The number of fused-ring (bicyclic) bond motifs is 1. The van der Waals surface area contributed by atoms with E-state index in [1.165, 1.54) is 11.1 Å². The highest BCUT2D eigenvalue weighted by Crippen LogP contribution is 2.39. The molecule has 2 aromatic carbocycles. The van der Waals surface area contributed by atoms with Crippen molar-refractivity contribution in [1.29, 1.82) is 5.26 Å². The van der Waals surface area contributed by atoms with Crippen LogP contribution in [0.3, 0.4) is 0 Å². The van der Waals surface area contributed by atoms with Crippen molar-refractivity contribution in [3.8, 4) is 6.07 Å². The van der Waals surface area contributed by atoms with E-state index in [1.807, 2.05) is 36.4 Å². The standard InChI is InChI=1S/C16H12ClN/c17-15-7-5-14(6-8-15)16(11-18)9-12-3-1-2-4-13(12)10-16/h1-8H,9-10H2. The Hall–Kier alpha value is -1.78. The summed E-state index contributed by atoms with van der Waals surface area (Å²) in [5, 5.41) is 10.3. The van der Waals surface area contributed by atoms with Gasteiger partial charge in [0, 0.05) is 5.02 Å². The molecule has 0 heterocycles. The highest BCUT2D eigenvalue weighted by molar-refractivity contribution is 6.30. The number of halogens is 1. The maximum Gasteiger partial charge on any atom is 0.0902 e. The second-order valence-electron chi connectivity index (χ2n) is 4.82. The molecular weight excluding hydrogens is 242 g/mol. The van der Waals surface area contributed by atoms with Gasteiger partial charge in [0.2, 0.25) is 0 Å². The van der Waals surface area contributed by atoms with E-state index in [4.69, 9.17) is 11.6 Å². The summed E-state index contributed by atoms with van der Waals surface area (Å²) in [5.74, 6) is 0. The van der Waals surface area contributed by atoms with Crippen molar-refractivity contribution < 1.29 is 0 Å². The third-order valence-corrected chi connectivity index (χ3v) is 3.97. The van der Waals surface area contributed by atoms with E-state index in [0.29, 0.717) is 5.02 Å². The van der Waals surface area contributed by atoms with Gasteiger partial charge in [-0.05, 0) is 41.7 Å². The van der Waals surface area contributed by atoms with Gasteiger partial charge in [-0.15, -0.1) is 0 Å². The Morgan fingerprint density at radius 1 is 0.944 bits per heavy atom. The van der Waals surface area contributed by atoms with Crippen LogP contribution in [0.15, 0.2) is 48.5 Å². The lowest BCUT2D eigenvalue weighted by Crippen LogP contribution is -2.24. The van der Waals surface area contributed by atoms with Crippen LogP contribution in [0.1, 0.15) is 16.7 Å². The molecule has 0 spiro atoms. The molecule has 0 fully saturated rings. The Balaban J connectivity index is 2.05. The summed E-state index contributed by atoms with van der Waals surface area (Å²) >= 11 is 5.91. The molecule has 0 bridgehead atoms. The first-order valence-corrected chi connectivity index (χ1v) is 6.35. The minimum atomic E-state index is -0.422. The summed E-state index contributed by atoms with van der Waals surface area (Å²) in [6.07, 6.45) is 1.59. The van der Waals surface area contributed by atoms with Crippen LogP contribution in [0.5, 0.6) is 0 Å². The van der Waals surface area contributed by atoms with Crippen molar-refractivity contribution in [3.63, 3.8) is 0 Å². The van der Waals surface area contributed by atoms with Crippen LogP contribution in [0, 0.1) is 11.3 Å². The molecule has 0 aromatic heterocycles. The number of benzene rings is 2. The van der Waals surface area contributed by atoms with Crippen LogP contribution in [-0.2, 0) is 18.3 Å². The summed E-state index contributed by atoms with van der Waals surface area (Å²) in [5.41, 5.74) is 3.21. The first-order valence-electron chi connectivity index (χ1n) is 5.98. The Bertz CT molecular complexity index is 597. The largest absolute Gasteiger partial charge is 0.197 e. The molecule has 1 nitrogen and oxygen atoms in total. The molecule has 2 aromatic rings. The molecule has 0 saturated carbocycles. The van der Waals surface area contributed by atoms with Crippen LogP contribution in [-0.4, -0.2) is 0 Å². The minimum Gasteiger partial charge on any atom is -0.197 e. The van der Waals surface area contributed by atoms with Crippen LogP contribution in [0.2, 0.25) is 5.02 Å². The lowest BCUT2D eigenvalue weighted by atomic mass is 9.79. The second-order valence-corrected chi connectivity index (χ2v) is 5.26. The molecule has 0 atom stereocenters. The zero-order valence-corrected chi connectivity index (χ0v) is 10.6. The van der Waals surface area contributed by atoms with E-state index in [0.717, 1.165) is 18.4 Å². The van der Waals surface area contributed by atoms with Gasteiger partial charge in [-0.3, -0.25) is 0 Å². The van der Waals surface area contributed by atoms with Gasteiger partial charge in [0.05, 0.1) is 11.5 Å². The van der Waals surface area contributed by atoms with E-state index in [-0.39, 0.29) is 0 Å². The number of rotatable bonds is 1. The van der Waals surface area contributed by atoms with Gasteiger partial charge in [0.15, 0.2) is 0 Å². The third-order valence-electron chi connectivity index (χ3n) is 3.71. The topological polar surface area (TPSA) is 23.8 Å². The number of nitriles is 1. The smallest absolute Gasteiger partial charge is 0.0902 e. The maximum atomic E-state index is 9.63. The molecule has 88 valence electrons. The van der Waals surface area contributed by atoms with E-state index < -0.39 is 5.41 Å². The Morgan fingerprint density at radius 3 is 2.00 bits per heavy atom. The lowest BCUT2D eigenvalue weighted by Gasteiger charge is -2.20. The summed E-state index contributed by atoms with van der Waals surface area (Å²) in [7, 11) is 0. The van der Waals surface area contributed by atoms with Gasteiger partial charge in [-0.25, -0.2) is 0 Å². The van der Waals surface area contributed by atoms with Crippen LogP contribution >= 0.6 is 11.6 Å². The Morgan fingerprint density at radius 2 is 1.50 bits per heavy atom. The van der Waals surface area contributed by atoms with Gasteiger partial charge in [0.25, 0.3) is 0 Å². The monoisotopic (exact) mass is 253 g/mol. The molecular formula is C16H12ClN. The quantitative estimate of drug-likeness (QED) is 0.756. The van der Waals surface area contributed by atoms with Gasteiger partial charge in [-0.1, -0.05) is 48.0 Å². The summed E-state index contributed by atoms with van der Waals surface area (Å²) in [6.45, 7) is 0. The fourth-order valence-corrected chi connectivity index (χ4v) is 2.86. The number of nitrogens with zero attached hydrogens (tertiary/aromatic N) is 1. The first kappa shape index (κ1) is 11.3. The molecule has 0 N–H and O–H groups in total. The molecule has 3 rings (SSSR count). The number of hydrogen-bond donors (Lipinski definition) is 0. The zero-order chi connectivity index (χ0) is 12.6. The highest BCUT2D eigenvalue weighted by Gasteiger charge is 2.38. The first-order chi connectivity index (χ1) is 8.73. The molecule has 0 unspecified atom stereocenters. The average Bonchev–Trinajstić information content (AvgIpc) is 2.79. The summed E-state index contributed by atoms with van der Waals surface area (Å²) in [4.78, 5) is 0. The van der Waals surface area contributed by atoms with Crippen molar-refractivity contribution in [3.05, 3.63) is 70.2 Å². The third kappa shape index (κ3) is 1.70. The van der Waals surface area contributed by atoms with E-state index >= 15 is 0 Å². The predicted molar refractivity (Wildman–Crippen MR) is 72.6 cm³/mol. The van der Waals surface area contributed by atoms with Gasteiger partial charge in [0.1, 0.15) is 0 Å². The summed E-state index contributed by atoms with van der Waals surface area (Å²) in [6, 6.07) is 18.5. The van der Waals surface area contributed by atoms with Gasteiger partial charge in [-0.2, -0.15) is 5.26 Å². The fourth-order valence-electron chi connectivity index (χ4n) is 2.73. The second kappa shape index (κ2) is 4.15. The van der Waals surface area contributed by atoms with Gasteiger partial charge >= 0.3 is 0 Å². The highest BCUT2D eigenvalue weighted by atomic mass is 35.5. The van der Waals surface area contributed by atoms with Crippen molar-refractivity contribution in [2.75, 3.05) is 0 Å². The molecule has 0 aliphatic heterocycles.